The average Bonchev–Trinajstić information content (AvgIpc) is 3.28. The molecule has 0 bridgehead atoms. The SMILES string of the molecule is CC1(C)c2ccc(N(c3ccccc3)c3ccc4ccccc4c3)cc2-c2c(-c3ccccc3)cc3ccccc3c21. The van der Waals surface area contributed by atoms with Crippen molar-refractivity contribution in [1.82, 2.24) is 0 Å². The van der Waals surface area contributed by atoms with Gasteiger partial charge in [-0.2, -0.15) is 0 Å². The summed E-state index contributed by atoms with van der Waals surface area (Å²) in [5.74, 6) is 0. The molecule has 0 atom stereocenters. The van der Waals surface area contributed by atoms with E-state index in [2.05, 4.69) is 170 Å². The molecule has 0 aliphatic heterocycles. The Morgan fingerprint density at radius 2 is 1.07 bits per heavy atom. The third-order valence-electron chi connectivity index (χ3n) is 8.97. The zero-order valence-corrected chi connectivity index (χ0v) is 23.9. The summed E-state index contributed by atoms with van der Waals surface area (Å²) in [6, 6.07) is 55.3. The fourth-order valence-electron chi connectivity index (χ4n) is 7.02. The molecule has 1 heteroatoms. The van der Waals surface area contributed by atoms with E-state index in [0.29, 0.717) is 0 Å². The molecular formula is C41H31N. The van der Waals surface area contributed by atoms with E-state index in [4.69, 9.17) is 0 Å². The van der Waals surface area contributed by atoms with E-state index in [9.17, 15) is 0 Å². The van der Waals surface area contributed by atoms with Crippen LogP contribution < -0.4 is 4.90 Å². The Bertz CT molecular complexity index is 2110. The monoisotopic (exact) mass is 537 g/mol. The Morgan fingerprint density at radius 3 is 1.86 bits per heavy atom. The largest absolute Gasteiger partial charge is 0.310 e. The highest BCUT2D eigenvalue weighted by Gasteiger charge is 2.39. The van der Waals surface area contributed by atoms with E-state index < -0.39 is 0 Å². The Balaban J connectivity index is 1.41. The topological polar surface area (TPSA) is 3.24 Å². The van der Waals surface area contributed by atoms with E-state index in [1.807, 2.05) is 0 Å². The van der Waals surface area contributed by atoms with Crippen molar-refractivity contribution in [3.8, 4) is 22.3 Å². The second-order valence-electron chi connectivity index (χ2n) is 11.8. The van der Waals surface area contributed by atoms with E-state index in [-0.39, 0.29) is 5.41 Å². The minimum absolute atomic E-state index is 0.131. The standard InChI is InChI=1S/C41H31N/c1-41(2)38-24-23-34(42(32-18-7-4-8-19-32)33-22-21-28-13-9-10-16-30(28)25-33)27-37(38)39-36(29-14-5-3-6-15-29)26-31-17-11-12-20-35(31)40(39)41/h3-27H,1-2H3. The number of benzene rings is 7. The zero-order valence-electron chi connectivity index (χ0n) is 23.9. The molecule has 8 rings (SSSR count). The fraction of sp³-hybridized carbons (Fsp3) is 0.0732. The first-order valence-electron chi connectivity index (χ1n) is 14.7. The Morgan fingerprint density at radius 1 is 0.452 bits per heavy atom. The predicted molar refractivity (Wildman–Crippen MR) is 179 cm³/mol. The van der Waals surface area contributed by atoms with Gasteiger partial charge in [0.1, 0.15) is 0 Å². The minimum atomic E-state index is -0.131. The van der Waals surface area contributed by atoms with Gasteiger partial charge in [-0.15, -0.1) is 0 Å². The average molecular weight is 538 g/mol. The highest BCUT2D eigenvalue weighted by atomic mass is 15.1. The molecule has 0 N–H and O–H groups in total. The summed E-state index contributed by atoms with van der Waals surface area (Å²) in [4.78, 5) is 2.39. The molecule has 1 nitrogen and oxygen atoms in total. The van der Waals surface area contributed by atoms with E-state index >= 15 is 0 Å². The van der Waals surface area contributed by atoms with Crippen molar-refractivity contribution in [3.05, 3.63) is 163 Å². The smallest absolute Gasteiger partial charge is 0.0468 e. The van der Waals surface area contributed by atoms with Crippen LogP contribution in [0.4, 0.5) is 17.1 Å². The first-order chi connectivity index (χ1) is 20.6. The van der Waals surface area contributed by atoms with Crippen LogP contribution in [0.2, 0.25) is 0 Å². The van der Waals surface area contributed by atoms with Crippen molar-refractivity contribution in [2.75, 3.05) is 4.90 Å². The van der Waals surface area contributed by atoms with Crippen molar-refractivity contribution >= 4 is 38.6 Å². The summed E-state index contributed by atoms with van der Waals surface area (Å²) in [6.45, 7) is 4.77. The maximum atomic E-state index is 2.42. The maximum absolute atomic E-state index is 2.42. The van der Waals surface area contributed by atoms with Gasteiger partial charge in [0, 0.05) is 22.5 Å². The van der Waals surface area contributed by atoms with Gasteiger partial charge < -0.3 is 4.90 Å². The third kappa shape index (κ3) is 3.78. The van der Waals surface area contributed by atoms with Crippen LogP contribution in [0.15, 0.2) is 152 Å². The summed E-state index contributed by atoms with van der Waals surface area (Å²) in [5.41, 5.74) is 11.3. The number of nitrogens with zero attached hydrogens (tertiary/aromatic N) is 1. The summed E-state index contributed by atoms with van der Waals surface area (Å²) in [7, 11) is 0. The van der Waals surface area contributed by atoms with Crippen molar-refractivity contribution in [3.63, 3.8) is 0 Å². The maximum Gasteiger partial charge on any atom is 0.0468 e. The minimum Gasteiger partial charge on any atom is -0.310 e. The normalized spacial score (nSPS) is 13.2. The van der Waals surface area contributed by atoms with Gasteiger partial charge >= 0.3 is 0 Å². The number of hydrogen-bond donors (Lipinski definition) is 0. The van der Waals surface area contributed by atoms with Gasteiger partial charge in [0.25, 0.3) is 0 Å². The van der Waals surface area contributed by atoms with Gasteiger partial charge in [-0.05, 0) is 97.4 Å². The highest BCUT2D eigenvalue weighted by molar-refractivity contribution is 6.05. The lowest BCUT2D eigenvalue weighted by Crippen LogP contribution is -2.16. The van der Waals surface area contributed by atoms with Gasteiger partial charge in [-0.1, -0.05) is 123 Å². The Hall–Kier alpha value is -5.14. The number of para-hydroxylation sites is 1. The molecule has 7 aromatic rings. The predicted octanol–water partition coefficient (Wildman–Crippen LogP) is 11.4. The van der Waals surface area contributed by atoms with Crippen LogP contribution in [0, 0.1) is 0 Å². The molecule has 0 spiro atoms. The second-order valence-corrected chi connectivity index (χ2v) is 11.8. The summed E-state index contributed by atoms with van der Waals surface area (Å²) in [5, 5.41) is 5.11. The molecule has 1 aliphatic carbocycles. The van der Waals surface area contributed by atoms with Crippen LogP contribution in [0.5, 0.6) is 0 Å². The van der Waals surface area contributed by atoms with Crippen molar-refractivity contribution in [2.24, 2.45) is 0 Å². The molecular weight excluding hydrogens is 506 g/mol. The number of hydrogen-bond acceptors (Lipinski definition) is 1. The summed E-state index contributed by atoms with van der Waals surface area (Å²) < 4.78 is 0. The van der Waals surface area contributed by atoms with Gasteiger partial charge in [-0.25, -0.2) is 0 Å². The molecule has 0 amide bonds. The number of anilines is 3. The molecule has 0 saturated heterocycles. The first-order valence-corrected chi connectivity index (χ1v) is 14.7. The second kappa shape index (κ2) is 9.46. The molecule has 1 aliphatic rings. The van der Waals surface area contributed by atoms with E-state index in [1.54, 1.807) is 0 Å². The molecule has 42 heavy (non-hydrogen) atoms. The first kappa shape index (κ1) is 24.6. The van der Waals surface area contributed by atoms with Crippen molar-refractivity contribution < 1.29 is 0 Å². The van der Waals surface area contributed by atoms with Crippen LogP contribution in [0.25, 0.3) is 43.8 Å². The molecule has 0 unspecified atom stereocenters. The van der Waals surface area contributed by atoms with E-state index in [1.165, 1.54) is 54.9 Å². The van der Waals surface area contributed by atoms with Crippen molar-refractivity contribution in [2.45, 2.75) is 19.3 Å². The van der Waals surface area contributed by atoms with Crippen molar-refractivity contribution in [1.29, 1.82) is 0 Å². The highest BCUT2D eigenvalue weighted by Crippen LogP contribution is 2.56. The van der Waals surface area contributed by atoms with Gasteiger partial charge in [0.15, 0.2) is 0 Å². The molecule has 0 heterocycles. The van der Waals surface area contributed by atoms with Gasteiger partial charge in [0.05, 0.1) is 0 Å². The summed E-state index contributed by atoms with van der Waals surface area (Å²) in [6.07, 6.45) is 0. The van der Waals surface area contributed by atoms with Crippen LogP contribution >= 0.6 is 0 Å². The van der Waals surface area contributed by atoms with E-state index in [0.717, 1.165) is 17.1 Å². The molecule has 7 aromatic carbocycles. The number of rotatable bonds is 4. The number of fused-ring (bicyclic) bond motifs is 6. The Kier molecular flexibility index (Phi) is 5.55. The lowest BCUT2D eigenvalue weighted by Gasteiger charge is -2.27. The van der Waals surface area contributed by atoms with Crippen LogP contribution in [0.3, 0.4) is 0 Å². The van der Waals surface area contributed by atoms with Crippen LogP contribution in [0.1, 0.15) is 25.0 Å². The summed E-state index contributed by atoms with van der Waals surface area (Å²) >= 11 is 0. The molecule has 0 radical (unpaired) electrons. The lowest BCUT2D eigenvalue weighted by atomic mass is 9.79. The zero-order chi connectivity index (χ0) is 28.3. The molecule has 200 valence electrons. The van der Waals surface area contributed by atoms with Gasteiger partial charge in [-0.3, -0.25) is 0 Å². The van der Waals surface area contributed by atoms with Gasteiger partial charge in [0.2, 0.25) is 0 Å². The molecule has 0 fully saturated rings. The third-order valence-corrected chi connectivity index (χ3v) is 8.97. The Labute approximate surface area is 247 Å². The fourth-order valence-corrected chi connectivity index (χ4v) is 7.02. The molecule has 0 saturated carbocycles. The van der Waals surface area contributed by atoms with Crippen LogP contribution in [-0.4, -0.2) is 0 Å². The quantitative estimate of drug-likeness (QED) is 0.216. The molecule has 0 aromatic heterocycles. The lowest BCUT2D eigenvalue weighted by molar-refractivity contribution is 0.666. The van der Waals surface area contributed by atoms with Crippen LogP contribution in [-0.2, 0) is 5.41 Å².